The summed E-state index contributed by atoms with van der Waals surface area (Å²) in [6, 6.07) is 3.64. The highest BCUT2D eigenvalue weighted by molar-refractivity contribution is 6.61. The maximum atomic E-state index is 13.0. The number of phenolic OH excluding ortho intramolecular Hbond substituents is 1. The van der Waals surface area contributed by atoms with Crippen molar-refractivity contribution < 1.29 is 18.5 Å². The van der Waals surface area contributed by atoms with Crippen LogP contribution in [0.3, 0.4) is 0 Å². The number of benzene rings is 1. The molecule has 1 aromatic carbocycles. The average Bonchev–Trinajstić information content (AvgIpc) is 2.69. The lowest BCUT2D eigenvalue weighted by atomic mass is 9.81. The number of phenols is 1. The SMILES string of the molecule is CC(C)C1=N/C(=C\c2ccc(O)cc2B(F)F)C(=O)N1C. The topological polar surface area (TPSA) is 52.9 Å². The van der Waals surface area contributed by atoms with Crippen molar-refractivity contribution in [3.8, 4) is 5.75 Å². The Morgan fingerprint density at radius 3 is 2.57 bits per heavy atom. The second-order valence-electron chi connectivity index (χ2n) is 5.13. The number of halogens is 2. The van der Waals surface area contributed by atoms with Gasteiger partial charge in [0.05, 0.1) is 0 Å². The van der Waals surface area contributed by atoms with Gasteiger partial charge in [0.25, 0.3) is 5.91 Å². The Morgan fingerprint density at radius 2 is 2.05 bits per heavy atom. The summed E-state index contributed by atoms with van der Waals surface area (Å²) in [4.78, 5) is 17.7. The van der Waals surface area contributed by atoms with Gasteiger partial charge in [0.15, 0.2) is 0 Å². The van der Waals surface area contributed by atoms with Crippen LogP contribution < -0.4 is 5.46 Å². The van der Waals surface area contributed by atoms with Crippen molar-refractivity contribution in [3.05, 3.63) is 29.5 Å². The van der Waals surface area contributed by atoms with E-state index in [9.17, 15) is 18.5 Å². The Kier molecular flexibility index (Phi) is 4.11. The minimum absolute atomic E-state index is 0.0548. The van der Waals surface area contributed by atoms with Crippen LogP contribution in [-0.2, 0) is 4.79 Å². The summed E-state index contributed by atoms with van der Waals surface area (Å²) < 4.78 is 26.0. The molecule has 1 aromatic rings. The molecule has 0 saturated carbocycles. The van der Waals surface area contributed by atoms with Gasteiger partial charge in [0.2, 0.25) is 0 Å². The van der Waals surface area contributed by atoms with Gasteiger partial charge in [-0.05, 0) is 23.8 Å². The highest BCUT2D eigenvalue weighted by atomic mass is 19.2. The van der Waals surface area contributed by atoms with Crippen molar-refractivity contribution in [3.63, 3.8) is 0 Å². The highest BCUT2D eigenvalue weighted by Crippen LogP contribution is 2.21. The van der Waals surface area contributed by atoms with E-state index >= 15 is 0 Å². The second kappa shape index (κ2) is 5.67. The zero-order chi connectivity index (χ0) is 15.7. The first kappa shape index (κ1) is 15.2. The van der Waals surface area contributed by atoms with Crippen molar-refractivity contribution in [2.45, 2.75) is 13.8 Å². The van der Waals surface area contributed by atoms with Gasteiger partial charge in [-0.15, -0.1) is 0 Å². The maximum Gasteiger partial charge on any atom is 0.572 e. The number of amides is 1. The van der Waals surface area contributed by atoms with Gasteiger partial charge in [-0.2, -0.15) is 0 Å². The molecule has 1 heterocycles. The van der Waals surface area contributed by atoms with Crippen molar-refractivity contribution in [2.75, 3.05) is 7.05 Å². The van der Waals surface area contributed by atoms with Crippen LogP contribution in [0.15, 0.2) is 28.9 Å². The second-order valence-corrected chi connectivity index (χ2v) is 5.13. The lowest BCUT2D eigenvalue weighted by Crippen LogP contribution is -2.30. The van der Waals surface area contributed by atoms with Crippen LogP contribution in [0.5, 0.6) is 5.75 Å². The zero-order valence-electron chi connectivity index (χ0n) is 12.0. The fourth-order valence-electron chi connectivity index (χ4n) is 2.16. The third kappa shape index (κ3) is 2.96. The van der Waals surface area contributed by atoms with Gasteiger partial charge in [-0.25, -0.2) is 4.99 Å². The number of likely N-dealkylation sites (N-methyl/N-ethyl adjacent to an activating group) is 1. The van der Waals surface area contributed by atoms with Gasteiger partial charge < -0.3 is 5.11 Å². The van der Waals surface area contributed by atoms with E-state index in [0.717, 1.165) is 6.07 Å². The molecular weight excluding hydrogens is 277 g/mol. The van der Waals surface area contributed by atoms with Gasteiger partial charge in [-0.1, -0.05) is 19.9 Å². The molecular formula is C14H15BF2N2O2. The van der Waals surface area contributed by atoms with Crippen LogP contribution in [-0.4, -0.2) is 36.1 Å². The summed E-state index contributed by atoms with van der Waals surface area (Å²) in [5.74, 6) is 0.0866. The summed E-state index contributed by atoms with van der Waals surface area (Å²) in [6.45, 7) is 3.80. The molecule has 1 N–H and O–H groups in total. The number of nitrogens with zero attached hydrogens (tertiary/aromatic N) is 2. The quantitative estimate of drug-likeness (QED) is 0.683. The van der Waals surface area contributed by atoms with E-state index in [0.29, 0.717) is 5.84 Å². The third-order valence-electron chi connectivity index (χ3n) is 3.22. The molecule has 2 rings (SSSR count). The molecule has 0 unspecified atom stereocenters. The van der Waals surface area contributed by atoms with E-state index < -0.39 is 7.27 Å². The number of carbonyl (C=O) groups is 1. The fraction of sp³-hybridized carbons (Fsp3) is 0.286. The number of aromatic hydroxyl groups is 1. The first-order valence-corrected chi connectivity index (χ1v) is 6.50. The minimum atomic E-state index is -2.74. The van der Waals surface area contributed by atoms with E-state index in [1.165, 1.54) is 23.1 Å². The predicted molar refractivity (Wildman–Crippen MR) is 78.7 cm³/mol. The molecule has 110 valence electrons. The summed E-state index contributed by atoms with van der Waals surface area (Å²) in [7, 11) is -1.14. The summed E-state index contributed by atoms with van der Waals surface area (Å²) in [6.07, 6.45) is 1.33. The molecule has 1 aliphatic heterocycles. The predicted octanol–water partition coefficient (Wildman–Crippen LogP) is 1.89. The first-order valence-electron chi connectivity index (χ1n) is 6.50. The lowest BCUT2D eigenvalue weighted by Gasteiger charge is -2.13. The van der Waals surface area contributed by atoms with Crippen molar-refractivity contribution >= 4 is 30.5 Å². The minimum Gasteiger partial charge on any atom is -0.508 e. The standard InChI is InChI=1S/C14H15BF2N2O2/c1-8(2)13-18-12(14(21)19(13)3)6-9-4-5-10(20)7-11(9)15(16)17/h4-8,20H,1-3H3/b12-6-. The molecule has 1 amide bonds. The molecule has 0 atom stereocenters. The maximum absolute atomic E-state index is 13.0. The number of rotatable bonds is 3. The van der Waals surface area contributed by atoms with Crippen LogP contribution >= 0.6 is 0 Å². The Hall–Kier alpha value is -2.18. The fourth-order valence-corrected chi connectivity index (χ4v) is 2.16. The Labute approximate surface area is 122 Å². The molecule has 0 radical (unpaired) electrons. The van der Waals surface area contributed by atoms with Crippen LogP contribution in [0.25, 0.3) is 6.08 Å². The van der Waals surface area contributed by atoms with E-state index in [2.05, 4.69) is 4.99 Å². The molecule has 0 aliphatic carbocycles. The molecule has 1 aliphatic rings. The molecule has 0 aromatic heterocycles. The molecule has 0 bridgehead atoms. The van der Waals surface area contributed by atoms with Gasteiger partial charge in [-0.3, -0.25) is 18.3 Å². The molecule has 21 heavy (non-hydrogen) atoms. The van der Waals surface area contributed by atoms with Crippen LogP contribution in [0.1, 0.15) is 19.4 Å². The molecule has 7 heteroatoms. The van der Waals surface area contributed by atoms with Crippen LogP contribution in [0, 0.1) is 5.92 Å². The van der Waals surface area contributed by atoms with E-state index in [-0.39, 0.29) is 34.3 Å². The van der Waals surface area contributed by atoms with E-state index in [1.54, 1.807) is 7.05 Å². The number of amidine groups is 1. The molecule has 4 nitrogen and oxygen atoms in total. The molecule has 0 spiro atoms. The van der Waals surface area contributed by atoms with Gasteiger partial charge in [0, 0.05) is 18.4 Å². The van der Waals surface area contributed by atoms with Crippen molar-refractivity contribution in [1.29, 1.82) is 0 Å². The molecule has 0 fully saturated rings. The zero-order valence-corrected chi connectivity index (χ0v) is 12.0. The van der Waals surface area contributed by atoms with E-state index in [1.807, 2.05) is 13.8 Å². The average molecular weight is 292 g/mol. The Balaban J connectivity index is 2.48. The summed E-state index contributed by atoms with van der Waals surface area (Å²) in [5, 5.41) is 9.30. The van der Waals surface area contributed by atoms with Crippen LogP contribution in [0.4, 0.5) is 8.63 Å². The number of hydrogen-bond acceptors (Lipinski definition) is 3. The normalized spacial score (nSPS) is 16.9. The monoisotopic (exact) mass is 292 g/mol. The Morgan fingerprint density at radius 1 is 1.38 bits per heavy atom. The Bertz CT molecular complexity index is 642. The lowest BCUT2D eigenvalue weighted by molar-refractivity contribution is -0.121. The summed E-state index contributed by atoms with van der Waals surface area (Å²) >= 11 is 0. The van der Waals surface area contributed by atoms with Crippen LogP contribution in [0.2, 0.25) is 0 Å². The van der Waals surface area contributed by atoms with Crippen molar-refractivity contribution in [2.24, 2.45) is 10.9 Å². The van der Waals surface area contributed by atoms with E-state index in [4.69, 9.17) is 0 Å². The highest BCUT2D eigenvalue weighted by Gasteiger charge is 2.29. The smallest absolute Gasteiger partial charge is 0.508 e. The number of carbonyl (C=O) groups excluding carboxylic acids is 1. The number of aliphatic imine (C=N–C) groups is 1. The molecule has 0 saturated heterocycles. The van der Waals surface area contributed by atoms with Crippen molar-refractivity contribution in [1.82, 2.24) is 4.90 Å². The number of hydrogen-bond donors (Lipinski definition) is 1. The van der Waals surface area contributed by atoms with Gasteiger partial charge in [0.1, 0.15) is 17.3 Å². The third-order valence-corrected chi connectivity index (χ3v) is 3.22. The van der Waals surface area contributed by atoms with Gasteiger partial charge >= 0.3 is 7.27 Å². The first-order chi connectivity index (χ1) is 9.81. The summed E-state index contributed by atoms with van der Waals surface area (Å²) in [5.41, 5.74) is -0.0340. The largest absolute Gasteiger partial charge is 0.572 e.